The molecule has 1 saturated heterocycles. The molecular weight excluding hydrogens is 432 g/mol. The lowest BCUT2D eigenvalue weighted by Gasteiger charge is -2.41. The smallest absolute Gasteiger partial charge is 0.414 e. The van der Waals surface area contributed by atoms with Crippen molar-refractivity contribution < 1.29 is 38.8 Å². The largest absolute Gasteiger partial charge is 0.493 e. The van der Waals surface area contributed by atoms with Crippen LogP contribution < -0.4 is 14.2 Å². The standard InChI is InChI=1S/C21H30N2O4.C2H2O4/c1-25-18-12-16(13-19(26-2)20(18)27-3)21(24)23-8-6-22(7-9-23)17-11-14-4-5-15(17)10-14;3-1(4)2(5)6/h12-15,17H,4-11H2,1-3H3;(H,3,4)(H,5,6). The number of methoxy groups -OCH3 is 3. The molecule has 1 aromatic carbocycles. The number of carbonyl (C=O) groups is 3. The summed E-state index contributed by atoms with van der Waals surface area (Å²) in [5.41, 5.74) is 0.581. The number of aliphatic carboxylic acids is 2. The summed E-state index contributed by atoms with van der Waals surface area (Å²) in [5, 5.41) is 14.8. The second-order valence-corrected chi connectivity index (χ2v) is 8.59. The second-order valence-electron chi connectivity index (χ2n) is 8.59. The maximum absolute atomic E-state index is 13.0. The summed E-state index contributed by atoms with van der Waals surface area (Å²) in [7, 11) is 4.70. The van der Waals surface area contributed by atoms with Crippen LogP contribution in [0.3, 0.4) is 0 Å². The second kappa shape index (κ2) is 10.7. The predicted molar refractivity (Wildman–Crippen MR) is 118 cm³/mol. The molecule has 10 nitrogen and oxygen atoms in total. The number of fused-ring (bicyclic) bond motifs is 2. The van der Waals surface area contributed by atoms with Crippen molar-refractivity contribution in [2.75, 3.05) is 47.5 Å². The van der Waals surface area contributed by atoms with Gasteiger partial charge in [-0.15, -0.1) is 0 Å². The van der Waals surface area contributed by atoms with E-state index in [2.05, 4.69) is 4.90 Å². The minimum Gasteiger partial charge on any atom is -0.493 e. The van der Waals surface area contributed by atoms with Gasteiger partial charge in [0.25, 0.3) is 5.91 Å². The van der Waals surface area contributed by atoms with Crippen LogP contribution in [-0.2, 0) is 9.59 Å². The molecule has 2 aliphatic carbocycles. The number of ether oxygens (including phenoxy) is 3. The molecule has 3 unspecified atom stereocenters. The van der Waals surface area contributed by atoms with Gasteiger partial charge in [-0.05, 0) is 43.2 Å². The highest BCUT2D eigenvalue weighted by Crippen LogP contribution is 2.46. The van der Waals surface area contributed by atoms with Gasteiger partial charge in [-0.1, -0.05) is 6.42 Å². The number of rotatable bonds is 5. The zero-order valence-electron chi connectivity index (χ0n) is 19.3. The van der Waals surface area contributed by atoms with E-state index >= 15 is 0 Å². The molecule has 1 heterocycles. The Morgan fingerprint density at radius 3 is 1.82 bits per heavy atom. The molecule has 3 aliphatic rings. The summed E-state index contributed by atoms with van der Waals surface area (Å²) in [6.45, 7) is 3.51. The highest BCUT2D eigenvalue weighted by atomic mass is 16.5. The molecule has 2 saturated carbocycles. The molecule has 1 aromatic rings. The molecule has 2 N–H and O–H groups in total. The lowest BCUT2D eigenvalue weighted by atomic mass is 9.93. The van der Waals surface area contributed by atoms with Gasteiger partial charge in [0.05, 0.1) is 21.3 Å². The quantitative estimate of drug-likeness (QED) is 0.628. The van der Waals surface area contributed by atoms with E-state index in [4.69, 9.17) is 34.0 Å². The number of hydrogen-bond donors (Lipinski definition) is 2. The number of carboxylic acids is 2. The van der Waals surface area contributed by atoms with Crippen molar-refractivity contribution in [2.24, 2.45) is 11.8 Å². The average molecular weight is 465 g/mol. The summed E-state index contributed by atoms with van der Waals surface area (Å²) in [4.78, 5) is 35.8. The SMILES string of the molecule is COc1cc(C(=O)N2CCN(C3CC4CCC3C4)CC2)cc(OC)c1OC.O=C(O)C(=O)O. The number of nitrogens with zero attached hydrogens (tertiary/aromatic N) is 2. The van der Waals surface area contributed by atoms with Gasteiger partial charge in [-0.25, -0.2) is 9.59 Å². The zero-order valence-corrected chi connectivity index (χ0v) is 19.3. The summed E-state index contributed by atoms with van der Waals surface area (Å²) in [5.74, 6) is -0.225. The third kappa shape index (κ3) is 5.50. The molecular formula is C23H32N2O8. The Hall–Kier alpha value is -3.01. The van der Waals surface area contributed by atoms with Crippen LogP contribution in [0.15, 0.2) is 12.1 Å². The Morgan fingerprint density at radius 2 is 1.42 bits per heavy atom. The Balaban J connectivity index is 0.000000454. The van der Waals surface area contributed by atoms with Crippen LogP contribution >= 0.6 is 0 Å². The summed E-state index contributed by atoms with van der Waals surface area (Å²) >= 11 is 0. The van der Waals surface area contributed by atoms with Gasteiger partial charge >= 0.3 is 11.9 Å². The van der Waals surface area contributed by atoms with Crippen molar-refractivity contribution in [3.05, 3.63) is 17.7 Å². The van der Waals surface area contributed by atoms with Crippen LogP contribution in [0.4, 0.5) is 0 Å². The van der Waals surface area contributed by atoms with E-state index in [1.165, 1.54) is 25.7 Å². The fourth-order valence-corrected chi connectivity index (χ4v) is 5.30. The molecule has 10 heteroatoms. The number of amides is 1. The average Bonchev–Trinajstić information content (AvgIpc) is 3.47. The van der Waals surface area contributed by atoms with E-state index in [0.717, 1.165) is 44.1 Å². The Bertz CT molecular complexity index is 844. The highest BCUT2D eigenvalue weighted by Gasteiger charge is 2.43. The van der Waals surface area contributed by atoms with E-state index in [1.54, 1.807) is 33.5 Å². The third-order valence-corrected chi connectivity index (χ3v) is 6.87. The lowest BCUT2D eigenvalue weighted by molar-refractivity contribution is -0.159. The topological polar surface area (TPSA) is 126 Å². The van der Waals surface area contributed by atoms with Gasteiger partial charge in [-0.3, -0.25) is 9.69 Å². The lowest BCUT2D eigenvalue weighted by Crippen LogP contribution is -2.53. The molecule has 182 valence electrons. The normalized spacial score (nSPS) is 24.0. The van der Waals surface area contributed by atoms with Crippen LogP contribution in [0.25, 0.3) is 0 Å². The molecule has 0 aromatic heterocycles. The summed E-state index contributed by atoms with van der Waals surface area (Å²) in [6.07, 6.45) is 5.63. The van der Waals surface area contributed by atoms with Crippen LogP contribution in [0.2, 0.25) is 0 Å². The molecule has 1 aliphatic heterocycles. The molecule has 0 spiro atoms. The zero-order chi connectivity index (χ0) is 24.1. The van der Waals surface area contributed by atoms with Crippen LogP contribution in [-0.4, -0.2) is 91.4 Å². The maximum Gasteiger partial charge on any atom is 0.414 e. The molecule has 1 amide bonds. The van der Waals surface area contributed by atoms with Crippen molar-refractivity contribution in [1.82, 2.24) is 9.80 Å². The minimum atomic E-state index is -1.82. The Morgan fingerprint density at radius 1 is 0.848 bits per heavy atom. The highest BCUT2D eigenvalue weighted by molar-refractivity contribution is 6.27. The van der Waals surface area contributed by atoms with Crippen molar-refractivity contribution in [1.29, 1.82) is 0 Å². The van der Waals surface area contributed by atoms with Crippen LogP contribution in [0, 0.1) is 11.8 Å². The van der Waals surface area contributed by atoms with E-state index in [1.807, 2.05) is 4.90 Å². The van der Waals surface area contributed by atoms with Crippen LogP contribution in [0.1, 0.15) is 36.0 Å². The number of carboxylic acid groups (broad SMARTS) is 2. The first-order valence-electron chi connectivity index (χ1n) is 11.1. The first-order chi connectivity index (χ1) is 15.8. The number of benzene rings is 1. The number of piperazine rings is 1. The molecule has 2 bridgehead atoms. The number of hydrogen-bond acceptors (Lipinski definition) is 7. The predicted octanol–water partition coefficient (Wildman–Crippen LogP) is 1.81. The van der Waals surface area contributed by atoms with E-state index in [0.29, 0.717) is 22.8 Å². The molecule has 33 heavy (non-hydrogen) atoms. The first kappa shape index (κ1) is 24.6. The van der Waals surface area contributed by atoms with Crippen LogP contribution in [0.5, 0.6) is 17.2 Å². The summed E-state index contributed by atoms with van der Waals surface area (Å²) in [6, 6.07) is 4.24. The Labute approximate surface area is 193 Å². The van der Waals surface area contributed by atoms with Gasteiger partial charge < -0.3 is 29.3 Å². The van der Waals surface area contributed by atoms with E-state index < -0.39 is 11.9 Å². The van der Waals surface area contributed by atoms with Gasteiger partial charge in [-0.2, -0.15) is 0 Å². The fourth-order valence-electron chi connectivity index (χ4n) is 5.30. The fraction of sp³-hybridized carbons (Fsp3) is 0.609. The van der Waals surface area contributed by atoms with Crippen molar-refractivity contribution >= 4 is 17.8 Å². The van der Waals surface area contributed by atoms with E-state index in [-0.39, 0.29) is 5.91 Å². The van der Waals surface area contributed by atoms with Gasteiger partial charge in [0, 0.05) is 37.8 Å². The molecule has 0 radical (unpaired) electrons. The van der Waals surface area contributed by atoms with Gasteiger partial charge in [0.15, 0.2) is 11.5 Å². The van der Waals surface area contributed by atoms with Crippen molar-refractivity contribution in [2.45, 2.75) is 31.7 Å². The van der Waals surface area contributed by atoms with Gasteiger partial charge in [0.1, 0.15) is 0 Å². The van der Waals surface area contributed by atoms with Crippen molar-refractivity contribution in [3.8, 4) is 17.2 Å². The maximum atomic E-state index is 13.0. The molecule has 3 atom stereocenters. The first-order valence-corrected chi connectivity index (χ1v) is 11.1. The Kier molecular flexibility index (Phi) is 8.01. The van der Waals surface area contributed by atoms with Gasteiger partial charge in [0.2, 0.25) is 5.75 Å². The molecule has 3 fully saturated rings. The van der Waals surface area contributed by atoms with Crippen molar-refractivity contribution in [3.63, 3.8) is 0 Å². The third-order valence-electron chi connectivity index (χ3n) is 6.87. The molecule has 4 rings (SSSR count). The summed E-state index contributed by atoms with van der Waals surface area (Å²) < 4.78 is 16.1. The minimum absolute atomic E-state index is 0.0295. The number of carbonyl (C=O) groups excluding carboxylic acids is 1. The monoisotopic (exact) mass is 464 g/mol. The van der Waals surface area contributed by atoms with E-state index in [9.17, 15) is 4.79 Å².